The second-order valence-corrected chi connectivity index (χ2v) is 7.00. The van der Waals surface area contributed by atoms with E-state index >= 15 is 0 Å². The van der Waals surface area contributed by atoms with Gasteiger partial charge in [0.1, 0.15) is 5.65 Å². The maximum atomic E-state index is 12.2. The minimum absolute atomic E-state index is 0.0395. The highest BCUT2D eigenvalue weighted by Gasteiger charge is 2.09. The number of rotatable bonds is 4. The average Bonchev–Trinajstić information content (AvgIpc) is 2.91. The van der Waals surface area contributed by atoms with Gasteiger partial charge < -0.3 is 9.72 Å². The molecule has 3 aromatic rings. The van der Waals surface area contributed by atoms with Gasteiger partial charge in [0.05, 0.1) is 10.6 Å². The third-order valence-corrected chi connectivity index (χ3v) is 4.48. The summed E-state index contributed by atoms with van der Waals surface area (Å²) in [6, 6.07) is 9.48. The van der Waals surface area contributed by atoms with Crippen LogP contribution in [0.5, 0.6) is 0 Å². The Morgan fingerprint density at radius 3 is 2.62 bits per heavy atom. The predicted molar refractivity (Wildman–Crippen MR) is 88.9 cm³/mol. The van der Waals surface area contributed by atoms with Crippen molar-refractivity contribution in [1.29, 1.82) is 0 Å². The van der Waals surface area contributed by atoms with E-state index in [-0.39, 0.29) is 17.3 Å². The van der Waals surface area contributed by atoms with E-state index in [1.807, 2.05) is 17.5 Å². The van der Waals surface area contributed by atoms with Crippen LogP contribution in [-0.4, -0.2) is 23.7 Å². The quantitative estimate of drug-likeness (QED) is 0.742. The first-order valence-electron chi connectivity index (χ1n) is 7.18. The highest BCUT2D eigenvalue weighted by molar-refractivity contribution is 7.89. The van der Waals surface area contributed by atoms with E-state index in [0.29, 0.717) is 11.2 Å². The first-order valence-corrected chi connectivity index (χ1v) is 8.73. The Balaban J connectivity index is 1.70. The highest BCUT2D eigenvalue weighted by Crippen LogP contribution is 2.10. The average molecular weight is 344 g/mol. The minimum atomic E-state index is -3.71. The van der Waals surface area contributed by atoms with Crippen molar-refractivity contribution in [3.63, 3.8) is 0 Å². The van der Waals surface area contributed by atoms with Crippen LogP contribution in [0.2, 0.25) is 0 Å². The molecule has 7 nitrogen and oxygen atoms in total. The van der Waals surface area contributed by atoms with Crippen LogP contribution in [0.1, 0.15) is 21.6 Å². The van der Waals surface area contributed by atoms with E-state index in [1.165, 1.54) is 12.1 Å². The van der Waals surface area contributed by atoms with Crippen LogP contribution < -0.4 is 10.5 Å². The molecule has 2 heterocycles. The van der Waals surface area contributed by atoms with E-state index in [0.717, 1.165) is 11.3 Å². The molecule has 3 N–H and O–H groups in total. The predicted octanol–water partition coefficient (Wildman–Crippen LogP) is 1.22. The van der Waals surface area contributed by atoms with Crippen LogP contribution in [0.3, 0.4) is 0 Å². The smallest absolute Gasteiger partial charge is 0.251 e. The number of nitrogens with zero attached hydrogens (tertiary/aromatic N) is 2. The van der Waals surface area contributed by atoms with Crippen LogP contribution in [0.25, 0.3) is 5.65 Å². The van der Waals surface area contributed by atoms with Gasteiger partial charge in [-0.25, -0.2) is 18.5 Å². The lowest BCUT2D eigenvalue weighted by molar-refractivity contribution is 0.0951. The molecule has 0 fully saturated rings. The summed E-state index contributed by atoms with van der Waals surface area (Å²) in [7, 11) is -3.71. The van der Waals surface area contributed by atoms with Gasteiger partial charge in [-0.15, -0.1) is 0 Å². The van der Waals surface area contributed by atoms with Crippen LogP contribution in [-0.2, 0) is 16.6 Å². The van der Waals surface area contributed by atoms with Crippen molar-refractivity contribution in [2.45, 2.75) is 18.4 Å². The minimum Gasteiger partial charge on any atom is -0.348 e. The molecule has 124 valence electrons. The molecule has 0 aliphatic rings. The van der Waals surface area contributed by atoms with Crippen LogP contribution >= 0.6 is 0 Å². The van der Waals surface area contributed by atoms with Crippen molar-refractivity contribution < 1.29 is 13.2 Å². The van der Waals surface area contributed by atoms with Crippen molar-refractivity contribution in [2.75, 3.05) is 0 Å². The number of carbonyl (C=O) groups is 1. The fourth-order valence-corrected chi connectivity index (χ4v) is 2.85. The first-order chi connectivity index (χ1) is 11.3. The van der Waals surface area contributed by atoms with Gasteiger partial charge in [-0.3, -0.25) is 4.79 Å². The Bertz CT molecular complexity index is 1010. The number of pyridine rings is 1. The fraction of sp³-hybridized carbons (Fsp3) is 0.125. The van der Waals surface area contributed by atoms with E-state index in [9.17, 15) is 13.2 Å². The standard InChI is InChI=1S/C16H16N4O3S/c1-11-10-20-7-6-13(8-15(20)19-11)16(21)18-9-12-2-4-14(5-3-12)24(17,22)23/h2-8,10H,9H2,1H3,(H,18,21)(H2,17,22,23). The Hall–Kier alpha value is -2.71. The summed E-state index contributed by atoms with van der Waals surface area (Å²) in [6.45, 7) is 2.17. The zero-order valence-electron chi connectivity index (χ0n) is 12.9. The third kappa shape index (κ3) is 3.44. The van der Waals surface area contributed by atoms with Gasteiger partial charge in [0.15, 0.2) is 0 Å². The van der Waals surface area contributed by atoms with Gasteiger partial charge in [-0.1, -0.05) is 12.1 Å². The molecular formula is C16H16N4O3S. The summed E-state index contributed by atoms with van der Waals surface area (Å²) in [5.74, 6) is -0.228. The van der Waals surface area contributed by atoms with Crippen molar-refractivity contribution in [1.82, 2.24) is 14.7 Å². The number of nitrogens with one attached hydrogen (secondary N) is 1. The highest BCUT2D eigenvalue weighted by atomic mass is 32.2. The summed E-state index contributed by atoms with van der Waals surface area (Å²) in [4.78, 5) is 16.6. The molecular weight excluding hydrogens is 328 g/mol. The lowest BCUT2D eigenvalue weighted by Gasteiger charge is -2.06. The molecule has 0 spiro atoms. The number of benzene rings is 1. The van der Waals surface area contributed by atoms with E-state index < -0.39 is 10.0 Å². The molecule has 0 aliphatic heterocycles. The van der Waals surface area contributed by atoms with Gasteiger partial charge in [0.25, 0.3) is 5.91 Å². The number of aryl methyl sites for hydroxylation is 1. The number of nitrogens with two attached hydrogens (primary N) is 1. The second kappa shape index (κ2) is 6.06. The molecule has 24 heavy (non-hydrogen) atoms. The number of imidazole rings is 1. The van der Waals surface area contributed by atoms with Gasteiger partial charge in [-0.05, 0) is 36.8 Å². The van der Waals surface area contributed by atoms with Gasteiger partial charge in [0.2, 0.25) is 10.0 Å². The van der Waals surface area contributed by atoms with Gasteiger partial charge in [0, 0.05) is 24.5 Å². The lowest BCUT2D eigenvalue weighted by atomic mass is 10.2. The van der Waals surface area contributed by atoms with Crippen molar-refractivity contribution in [3.05, 3.63) is 65.6 Å². The summed E-state index contributed by atoms with van der Waals surface area (Å²) < 4.78 is 24.3. The molecule has 0 atom stereocenters. The molecule has 0 unspecified atom stereocenters. The summed E-state index contributed by atoms with van der Waals surface area (Å²) >= 11 is 0. The summed E-state index contributed by atoms with van der Waals surface area (Å²) in [6.07, 6.45) is 3.66. The molecule has 0 bridgehead atoms. The summed E-state index contributed by atoms with van der Waals surface area (Å²) in [5.41, 5.74) is 2.86. The van der Waals surface area contributed by atoms with Crippen LogP contribution in [0.4, 0.5) is 0 Å². The Labute approximate surface area is 139 Å². The number of fused-ring (bicyclic) bond motifs is 1. The van der Waals surface area contributed by atoms with Crippen molar-refractivity contribution >= 4 is 21.6 Å². The number of aromatic nitrogens is 2. The topological polar surface area (TPSA) is 107 Å². The molecule has 1 amide bonds. The SMILES string of the molecule is Cc1cn2ccc(C(=O)NCc3ccc(S(N)(=O)=O)cc3)cc2n1. The molecule has 1 aromatic carbocycles. The second-order valence-electron chi connectivity index (χ2n) is 5.43. The fourth-order valence-electron chi connectivity index (χ4n) is 2.33. The number of carbonyl (C=O) groups excluding carboxylic acids is 1. The Kier molecular flexibility index (Phi) is 4.08. The van der Waals surface area contributed by atoms with Crippen molar-refractivity contribution in [3.8, 4) is 0 Å². The number of hydrogen-bond acceptors (Lipinski definition) is 4. The first kappa shape index (κ1) is 16.2. The number of sulfonamides is 1. The molecule has 0 saturated carbocycles. The van der Waals surface area contributed by atoms with E-state index in [1.54, 1.807) is 30.5 Å². The summed E-state index contributed by atoms with van der Waals surface area (Å²) in [5, 5.41) is 7.84. The van der Waals surface area contributed by atoms with E-state index in [2.05, 4.69) is 10.3 Å². The van der Waals surface area contributed by atoms with E-state index in [4.69, 9.17) is 5.14 Å². The van der Waals surface area contributed by atoms with Crippen LogP contribution in [0.15, 0.2) is 53.7 Å². The zero-order valence-corrected chi connectivity index (χ0v) is 13.7. The van der Waals surface area contributed by atoms with Gasteiger partial charge >= 0.3 is 0 Å². The van der Waals surface area contributed by atoms with Crippen LogP contribution in [0, 0.1) is 6.92 Å². The van der Waals surface area contributed by atoms with Gasteiger partial charge in [-0.2, -0.15) is 0 Å². The molecule has 2 aromatic heterocycles. The molecule has 0 aliphatic carbocycles. The Morgan fingerprint density at radius 1 is 1.25 bits per heavy atom. The largest absolute Gasteiger partial charge is 0.348 e. The third-order valence-electron chi connectivity index (χ3n) is 3.55. The number of amides is 1. The lowest BCUT2D eigenvalue weighted by Crippen LogP contribution is -2.23. The number of hydrogen-bond donors (Lipinski definition) is 2. The van der Waals surface area contributed by atoms with Crippen molar-refractivity contribution in [2.24, 2.45) is 5.14 Å². The molecule has 3 rings (SSSR count). The Morgan fingerprint density at radius 2 is 1.96 bits per heavy atom. The normalized spacial score (nSPS) is 11.6. The zero-order chi connectivity index (χ0) is 17.3. The maximum absolute atomic E-state index is 12.2. The number of primary sulfonamides is 1. The molecule has 0 saturated heterocycles. The monoisotopic (exact) mass is 344 g/mol. The maximum Gasteiger partial charge on any atom is 0.251 e. The molecule has 8 heteroatoms. The molecule has 0 radical (unpaired) electrons.